The van der Waals surface area contributed by atoms with Crippen LogP contribution in [0.25, 0.3) is 5.13 Å². The molecular formula is C13H15N3OS. The molecule has 0 radical (unpaired) electrons. The van der Waals surface area contributed by atoms with Crippen LogP contribution in [-0.4, -0.2) is 21.5 Å². The molecule has 18 heavy (non-hydrogen) atoms. The molecule has 1 aliphatic rings. The maximum Gasteiger partial charge on any atom is 0.271 e. The zero-order chi connectivity index (χ0) is 12.4. The van der Waals surface area contributed by atoms with Gasteiger partial charge in [-0.15, -0.1) is 11.3 Å². The summed E-state index contributed by atoms with van der Waals surface area (Å²) in [6, 6.07) is 4.23. The Labute approximate surface area is 110 Å². The summed E-state index contributed by atoms with van der Waals surface area (Å²) in [7, 11) is 0. The number of carbonyl (C=O) groups is 1. The Kier molecular flexibility index (Phi) is 3.15. The van der Waals surface area contributed by atoms with E-state index in [1.807, 2.05) is 34.5 Å². The highest BCUT2D eigenvalue weighted by Gasteiger charge is 2.19. The highest BCUT2D eigenvalue weighted by molar-refractivity contribution is 7.12. The minimum atomic E-state index is -0.0449. The molecule has 0 aromatic carbocycles. The molecule has 3 rings (SSSR count). The molecule has 0 bridgehead atoms. The van der Waals surface area contributed by atoms with Crippen molar-refractivity contribution in [1.82, 2.24) is 14.9 Å². The van der Waals surface area contributed by atoms with Crippen LogP contribution in [-0.2, 0) is 0 Å². The summed E-state index contributed by atoms with van der Waals surface area (Å²) in [6.07, 6.45) is 8.49. The van der Waals surface area contributed by atoms with Crippen molar-refractivity contribution in [1.29, 1.82) is 0 Å². The van der Waals surface area contributed by atoms with E-state index in [9.17, 15) is 4.79 Å². The largest absolute Gasteiger partial charge is 0.348 e. The molecule has 4 nitrogen and oxygen atoms in total. The van der Waals surface area contributed by atoms with Crippen molar-refractivity contribution in [2.24, 2.45) is 0 Å². The first-order chi connectivity index (χ1) is 8.83. The van der Waals surface area contributed by atoms with E-state index in [0.29, 0.717) is 11.7 Å². The summed E-state index contributed by atoms with van der Waals surface area (Å²) >= 11 is 1.48. The number of carbonyl (C=O) groups excluding carboxylic acids is 1. The summed E-state index contributed by atoms with van der Waals surface area (Å²) in [5.74, 6) is -0.0449. The van der Waals surface area contributed by atoms with Crippen molar-refractivity contribution in [2.75, 3.05) is 0 Å². The first-order valence-electron chi connectivity index (χ1n) is 6.23. The molecule has 0 atom stereocenters. The van der Waals surface area contributed by atoms with Gasteiger partial charge >= 0.3 is 0 Å². The molecule has 1 aliphatic carbocycles. The highest BCUT2D eigenvalue weighted by Crippen LogP contribution is 2.19. The number of rotatable bonds is 3. The maximum atomic E-state index is 12.0. The van der Waals surface area contributed by atoms with Crippen LogP contribution < -0.4 is 5.32 Å². The van der Waals surface area contributed by atoms with E-state index in [2.05, 4.69) is 10.3 Å². The van der Waals surface area contributed by atoms with Gasteiger partial charge in [0.1, 0.15) is 5.69 Å². The van der Waals surface area contributed by atoms with Crippen LogP contribution in [0.4, 0.5) is 0 Å². The number of thiazole rings is 1. The van der Waals surface area contributed by atoms with E-state index >= 15 is 0 Å². The maximum absolute atomic E-state index is 12.0. The summed E-state index contributed by atoms with van der Waals surface area (Å²) in [4.78, 5) is 16.4. The zero-order valence-electron chi connectivity index (χ0n) is 10.0. The molecule has 0 saturated heterocycles. The van der Waals surface area contributed by atoms with Gasteiger partial charge in [-0.3, -0.25) is 4.79 Å². The van der Waals surface area contributed by atoms with Crippen molar-refractivity contribution >= 4 is 17.2 Å². The molecule has 94 valence electrons. The lowest BCUT2D eigenvalue weighted by Crippen LogP contribution is -2.32. The molecule has 1 fully saturated rings. The van der Waals surface area contributed by atoms with Gasteiger partial charge in [0.05, 0.1) is 0 Å². The molecule has 2 aromatic heterocycles. The van der Waals surface area contributed by atoms with E-state index in [0.717, 1.165) is 18.0 Å². The summed E-state index contributed by atoms with van der Waals surface area (Å²) in [5, 5.41) is 5.70. The van der Waals surface area contributed by atoms with Gasteiger partial charge in [0, 0.05) is 23.8 Å². The van der Waals surface area contributed by atoms with Crippen molar-refractivity contribution in [3.63, 3.8) is 0 Å². The van der Waals surface area contributed by atoms with Gasteiger partial charge in [-0.1, -0.05) is 12.8 Å². The molecule has 1 N–H and O–H groups in total. The van der Waals surface area contributed by atoms with Crippen molar-refractivity contribution in [3.05, 3.63) is 35.6 Å². The average Bonchev–Trinajstić information content (AvgIpc) is 3.11. The van der Waals surface area contributed by atoms with E-state index in [1.54, 1.807) is 0 Å². The number of hydrogen-bond acceptors (Lipinski definition) is 3. The van der Waals surface area contributed by atoms with Crippen molar-refractivity contribution in [3.8, 4) is 5.13 Å². The van der Waals surface area contributed by atoms with Crippen LogP contribution in [0.5, 0.6) is 0 Å². The van der Waals surface area contributed by atoms with Gasteiger partial charge in [-0.05, 0) is 25.0 Å². The van der Waals surface area contributed by atoms with Crippen LogP contribution in [0.3, 0.4) is 0 Å². The SMILES string of the molecule is O=C(NC1CCCC1)c1csc(-n2cccc2)n1. The second-order valence-electron chi connectivity index (χ2n) is 4.56. The summed E-state index contributed by atoms with van der Waals surface area (Å²) < 4.78 is 1.91. The second-order valence-corrected chi connectivity index (χ2v) is 5.40. The molecule has 0 aliphatic heterocycles. The van der Waals surface area contributed by atoms with Gasteiger partial charge in [0.15, 0.2) is 5.13 Å². The van der Waals surface area contributed by atoms with Gasteiger partial charge in [0.25, 0.3) is 5.91 Å². The minimum absolute atomic E-state index is 0.0449. The third-order valence-electron chi connectivity index (χ3n) is 3.24. The number of aromatic nitrogens is 2. The second kappa shape index (κ2) is 4.94. The van der Waals surface area contributed by atoms with Crippen molar-refractivity contribution < 1.29 is 4.79 Å². The highest BCUT2D eigenvalue weighted by atomic mass is 32.1. The Hall–Kier alpha value is -1.62. The van der Waals surface area contributed by atoms with Crippen LogP contribution in [0.15, 0.2) is 29.9 Å². The molecule has 0 unspecified atom stereocenters. The van der Waals surface area contributed by atoms with E-state index < -0.39 is 0 Å². The van der Waals surface area contributed by atoms with Gasteiger partial charge in [-0.25, -0.2) is 4.98 Å². The first-order valence-corrected chi connectivity index (χ1v) is 7.10. The van der Waals surface area contributed by atoms with Gasteiger partial charge in [-0.2, -0.15) is 0 Å². The molecule has 5 heteroatoms. The molecule has 1 saturated carbocycles. The van der Waals surface area contributed by atoms with Gasteiger partial charge < -0.3 is 9.88 Å². The number of nitrogens with one attached hydrogen (secondary N) is 1. The normalized spacial score (nSPS) is 16.0. The fourth-order valence-electron chi connectivity index (χ4n) is 2.28. The van der Waals surface area contributed by atoms with Crippen LogP contribution in [0.2, 0.25) is 0 Å². The van der Waals surface area contributed by atoms with E-state index in [-0.39, 0.29) is 5.91 Å². The van der Waals surface area contributed by atoms with Crippen LogP contribution >= 0.6 is 11.3 Å². The number of nitrogens with zero attached hydrogens (tertiary/aromatic N) is 2. The Bertz CT molecular complexity index is 526. The lowest BCUT2D eigenvalue weighted by Gasteiger charge is -2.09. The Morgan fingerprint density at radius 1 is 1.33 bits per heavy atom. The Morgan fingerprint density at radius 2 is 2.06 bits per heavy atom. The van der Waals surface area contributed by atoms with Gasteiger partial charge in [0.2, 0.25) is 0 Å². The van der Waals surface area contributed by atoms with Crippen LogP contribution in [0.1, 0.15) is 36.2 Å². The molecular weight excluding hydrogens is 246 g/mol. The predicted molar refractivity (Wildman–Crippen MR) is 71.2 cm³/mol. The molecule has 1 amide bonds. The Morgan fingerprint density at radius 3 is 2.78 bits per heavy atom. The first kappa shape index (κ1) is 11.5. The third-order valence-corrected chi connectivity index (χ3v) is 4.09. The molecule has 2 aromatic rings. The average molecular weight is 261 g/mol. The lowest BCUT2D eigenvalue weighted by atomic mass is 10.2. The third kappa shape index (κ3) is 2.31. The smallest absolute Gasteiger partial charge is 0.271 e. The van der Waals surface area contributed by atoms with Crippen LogP contribution in [0, 0.1) is 0 Å². The summed E-state index contributed by atoms with van der Waals surface area (Å²) in [5.41, 5.74) is 0.524. The van der Waals surface area contributed by atoms with Crippen molar-refractivity contribution in [2.45, 2.75) is 31.7 Å². The number of amides is 1. The fraction of sp³-hybridized carbons (Fsp3) is 0.385. The van der Waals surface area contributed by atoms with E-state index in [4.69, 9.17) is 0 Å². The molecule has 0 spiro atoms. The topological polar surface area (TPSA) is 46.9 Å². The molecule has 2 heterocycles. The summed E-state index contributed by atoms with van der Waals surface area (Å²) in [6.45, 7) is 0. The zero-order valence-corrected chi connectivity index (χ0v) is 10.8. The minimum Gasteiger partial charge on any atom is -0.348 e. The number of hydrogen-bond donors (Lipinski definition) is 1. The lowest BCUT2D eigenvalue weighted by molar-refractivity contribution is 0.0933. The quantitative estimate of drug-likeness (QED) is 0.923. The predicted octanol–water partition coefficient (Wildman–Crippen LogP) is 2.61. The monoisotopic (exact) mass is 261 g/mol. The fourth-order valence-corrected chi connectivity index (χ4v) is 3.05. The standard InChI is InChI=1S/C13H15N3OS/c17-12(14-10-5-1-2-6-10)11-9-18-13(15-11)16-7-3-4-8-16/h3-4,7-10H,1-2,5-6H2,(H,14,17). The Balaban J connectivity index is 1.70. The van der Waals surface area contributed by atoms with E-state index in [1.165, 1.54) is 24.2 Å².